The first-order chi connectivity index (χ1) is 6.66. The number of ether oxygens (including phenoxy) is 1. The molecule has 0 unspecified atom stereocenters. The molecule has 0 N–H and O–H groups in total. The van der Waals surface area contributed by atoms with Gasteiger partial charge in [0.1, 0.15) is 0 Å². The van der Waals surface area contributed by atoms with Crippen LogP contribution < -0.4 is 4.74 Å². The van der Waals surface area contributed by atoms with Crippen LogP contribution in [0.1, 0.15) is 5.56 Å². The minimum atomic E-state index is -0.434. The summed E-state index contributed by atoms with van der Waals surface area (Å²) in [6.45, 7) is 2.21. The molecule has 5 heteroatoms. The molecule has 0 aliphatic carbocycles. The number of rotatable bonds is 4. The molecule has 0 radical (unpaired) electrons. The summed E-state index contributed by atoms with van der Waals surface area (Å²) in [6.07, 6.45) is 0. The van der Waals surface area contributed by atoms with Crippen molar-refractivity contribution in [2.24, 2.45) is 0 Å². The van der Waals surface area contributed by atoms with Crippen LogP contribution in [0.4, 0.5) is 5.69 Å². The van der Waals surface area contributed by atoms with E-state index in [1.165, 1.54) is 6.07 Å². The van der Waals surface area contributed by atoms with Gasteiger partial charge in [-0.3, -0.25) is 10.1 Å². The molecule has 0 atom stereocenters. The van der Waals surface area contributed by atoms with Crippen molar-refractivity contribution in [2.45, 2.75) is 6.92 Å². The summed E-state index contributed by atoms with van der Waals surface area (Å²) in [7, 11) is 0. The lowest BCUT2D eigenvalue weighted by Gasteiger charge is -2.07. The van der Waals surface area contributed by atoms with Gasteiger partial charge in [-0.05, 0) is 12.5 Å². The summed E-state index contributed by atoms with van der Waals surface area (Å²) in [6, 6.07) is 4.88. The third-order valence-electron chi connectivity index (χ3n) is 1.71. The van der Waals surface area contributed by atoms with Crippen LogP contribution in [0.15, 0.2) is 18.2 Å². The highest BCUT2D eigenvalue weighted by molar-refractivity contribution is 9.09. The van der Waals surface area contributed by atoms with E-state index in [1.807, 2.05) is 0 Å². The number of aryl methyl sites for hydroxylation is 1. The van der Waals surface area contributed by atoms with Crippen molar-refractivity contribution < 1.29 is 9.66 Å². The van der Waals surface area contributed by atoms with Gasteiger partial charge in [0.05, 0.1) is 11.5 Å². The van der Waals surface area contributed by atoms with Gasteiger partial charge in [-0.1, -0.05) is 28.1 Å². The van der Waals surface area contributed by atoms with E-state index < -0.39 is 4.92 Å². The molecule has 0 saturated carbocycles. The molecular formula is C9H10BrNO3. The third-order valence-corrected chi connectivity index (χ3v) is 2.04. The monoisotopic (exact) mass is 259 g/mol. The number of nitrogens with zero attached hydrogens (tertiary/aromatic N) is 1. The van der Waals surface area contributed by atoms with Gasteiger partial charge >= 0.3 is 5.69 Å². The van der Waals surface area contributed by atoms with E-state index in [0.717, 1.165) is 5.56 Å². The summed E-state index contributed by atoms with van der Waals surface area (Å²) >= 11 is 3.20. The standard InChI is InChI=1S/C9H10BrNO3/c1-7-3-2-4-8(11(12)13)9(7)14-6-5-10/h2-4H,5-6H2,1H3. The fraction of sp³-hybridized carbons (Fsp3) is 0.333. The second-order valence-corrected chi connectivity index (χ2v) is 3.51. The minimum Gasteiger partial charge on any atom is -0.486 e. The molecule has 1 aromatic carbocycles. The van der Waals surface area contributed by atoms with Crippen LogP contribution in [0.3, 0.4) is 0 Å². The first-order valence-electron chi connectivity index (χ1n) is 4.09. The quantitative estimate of drug-likeness (QED) is 0.475. The van der Waals surface area contributed by atoms with Gasteiger partial charge < -0.3 is 4.74 Å². The van der Waals surface area contributed by atoms with E-state index in [2.05, 4.69) is 15.9 Å². The van der Waals surface area contributed by atoms with Crippen LogP contribution in [0.25, 0.3) is 0 Å². The number of nitro benzene ring substituents is 1. The fourth-order valence-corrected chi connectivity index (χ4v) is 1.27. The lowest BCUT2D eigenvalue weighted by molar-refractivity contribution is -0.385. The Labute approximate surface area is 90.2 Å². The molecule has 14 heavy (non-hydrogen) atoms. The molecule has 0 aliphatic rings. The lowest BCUT2D eigenvalue weighted by Crippen LogP contribution is -2.02. The van der Waals surface area contributed by atoms with Crippen molar-refractivity contribution in [1.82, 2.24) is 0 Å². The smallest absolute Gasteiger partial charge is 0.311 e. The van der Waals surface area contributed by atoms with E-state index in [-0.39, 0.29) is 5.69 Å². The van der Waals surface area contributed by atoms with Gasteiger partial charge in [0.2, 0.25) is 0 Å². The van der Waals surface area contributed by atoms with Crippen molar-refractivity contribution in [1.29, 1.82) is 0 Å². The molecule has 1 aromatic rings. The van der Waals surface area contributed by atoms with Gasteiger partial charge in [-0.25, -0.2) is 0 Å². The number of alkyl halides is 1. The summed E-state index contributed by atoms with van der Waals surface area (Å²) < 4.78 is 5.29. The van der Waals surface area contributed by atoms with Gasteiger partial charge in [0, 0.05) is 11.4 Å². The van der Waals surface area contributed by atoms with Crippen LogP contribution in [-0.4, -0.2) is 16.9 Å². The van der Waals surface area contributed by atoms with Crippen LogP contribution in [0.2, 0.25) is 0 Å². The molecule has 1 rings (SSSR count). The Bertz CT molecular complexity index is 341. The van der Waals surface area contributed by atoms with E-state index >= 15 is 0 Å². The van der Waals surface area contributed by atoms with Crippen LogP contribution in [0, 0.1) is 17.0 Å². The number of hydrogen-bond acceptors (Lipinski definition) is 3. The SMILES string of the molecule is Cc1cccc([N+](=O)[O-])c1OCCBr. The molecular weight excluding hydrogens is 250 g/mol. The molecule has 76 valence electrons. The Balaban J connectivity index is 3.02. The predicted molar refractivity (Wildman–Crippen MR) is 57.1 cm³/mol. The Morgan fingerprint density at radius 3 is 2.86 bits per heavy atom. The summed E-state index contributed by atoms with van der Waals surface area (Å²) in [5, 5.41) is 11.3. The summed E-state index contributed by atoms with van der Waals surface area (Å²) in [5.74, 6) is 0.358. The first-order valence-corrected chi connectivity index (χ1v) is 5.21. The third kappa shape index (κ3) is 2.45. The van der Waals surface area contributed by atoms with E-state index in [9.17, 15) is 10.1 Å². The van der Waals surface area contributed by atoms with Gasteiger partial charge in [0.25, 0.3) is 0 Å². The molecule has 0 aromatic heterocycles. The fourth-order valence-electron chi connectivity index (χ4n) is 1.11. The van der Waals surface area contributed by atoms with Crippen molar-refractivity contribution in [3.8, 4) is 5.75 Å². The second-order valence-electron chi connectivity index (χ2n) is 2.72. The minimum absolute atomic E-state index is 0.0194. The average Bonchev–Trinajstić information content (AvgIpc) is 2.15. The normalized spacial score (nSPS) is 9.86. The van der Waals surface area contributed by atoms with Gasteiger partial charge in [-0.2, -0.15) is 0 Å². The maximum Gasteiger partial charge on any atom is 0.311 e. The van der Waals surface area contributed by atoms with Crippen molar-refractivity contribution in [3.05, 3.63) is 33.9 Å². The predicted octanol–water partition coefficient (Wildman–Crippen LogP) is 2.68. The number of para-hydroxylation sites is 1. The van der Waals surface area contributed by atoms with Crippen LogP contribution in [-0.2, 0) is 0 Å². The van der Waals surface area contributed by atoms with Gasteiger partial charge in [-0.15, -0.1) is 0 Å². The van der Waals surface area contributed by atoms with Crippen molar-refractivity contribution in [2.75, 3.05) is 11.9 Å². The first kappa shape index (κ1) is 11.0. The molecule has 0 bridgehead atoms. The highest BCUT2D eigenvalue weighted by atomic mass is 79.9. The Morgan fingerprint density at radius 2 is 2.29 bits per heavy atom. The highest BCUT2D eigenvalue weighted by Gasteiger charge is 2.16. The molecule has 0 spiro atoms. The Kier molecular flexibility index (Phi) is 3.88. The van der Waals surface area contributed by atoms with Crippen LogP contribution in [0.5, 0.6) is 5.75 Å². The van der Waals surface area contributed by atoms with Crippen molar-refractivity contribution >= 4 is 21.6 Å². The second kappa shape index (κ2) is 4.95. The zero-order chi connectivity index (χ0) is 10.6. The molecule has 0 fully saturated rings. The number of nitro groups is 1. The summed E-state index contributed by atoms with van der Waals surface area (Å²) in [5.41, 5.74) is 0.797. The lowest BCUT2D eigenvalue weighted by atomic mass is 10.2. The molecule has 0 heterocycles. The zero-order valence-corrected chi connectivity index (χ0v) is 9.28. The zero-order valence-electron chi connectivity index (χ0n) is 7.70. The average molecular weight is 260 g/mol. The topological polar surface area (TPSA) is 52.4 Å². The highest BCUT2D eigenvalue weighted by Crippen LogP contribution is 2.30. The van der Waals surface area contributed by atoms with E-state index in [1.54, 1.807) is 19.1 Å². The largest absolute Gasteiger partial charge is 0.486 e. The number of halogens is 1. The maximum absolute atomic E-state index is 10.7. The van der Waals surface area contributed by atoms with Crippen molar-refractivity contribution in [3.63, 3.8) is 0 Å². The van der Waals surface area contributed by atoms with Gasteiger partial charge in [0.15, 0.2) is 5.75 Å². The van der Waals surface area contributed by atoms with E-state index in [4.69, 9.17) is 4.74 Å². The number of hydrogen-bond donors (Lipinski definition) is 0. The van der Waals surface area contributed by atoms with E-state index in [0.29, 0.717) is 17.7 Å². The Morgan fingerprint density at radius 1 is 1.57 bits per heavy atom. The Hall–Kier alpha value is -1.10. The molecule has 0 amide bonds. The maximum atomic E-state index is 10.7. The molecule has 4 nitrogen and oxygen atoms in total. The van der Waals surface area contributed by atoms with Crippen LogP contribution >= 0.6 is 15.9 Å². The molecule has 0 aliphatic heterocycles. The number of benzene rings is 1. The molecule has 0 saturated heterocycles. The summed E-state index contributed by atoms with van der Waals surface area (Å²) in [4.78, 5) is 10.2.